The molecule has 0 saturated heterocycles. The predicted molar refractivity (Wildman–Crippen MR) is 143 cm³/mol. The van der Waals surface area contributed by atoms with Crippen LogP contribution in [-0.2, 0) is 14.1 Å². The van der Waals surface area contributed by atoms with Crippen molar-refractivity contribution in [2.24, 2.45) is 14.1 Å². The Morgan fingerprint density at radius 2 is 1.03 bits per heavy atom. The maximum Gasteiger partial charge on any atom is 0.328 e. The molecule has 6 nitrogen and oxygen atoms in total. The smallest absolute Gasteiger partial charge is 0.295 e. The molecule has 0 spiro atoms. The van der Waals surface area contributed by atoms with Gasteiger partial charge in [0.15, 0.2) is 17.5 Å². The number of hydrogen-bond acceptors (Lipinski definition) is 4. The lowest BCUT2D eigenvalue weighted by Gasteiger charge is -2.10. The van der Waals surface area contributed by atoms with E-state index in [0.717, 1.165) is 38.9 Å². The Labute approximate surface area is 208 Å². The number of benzene rings is 4. The maximum atomic E-state index is 12.6. The molecule has 6 heteroatoms. The molecule has 0 aliphatic carbocycles. The molecular weight excluding hydrogens is 446 g/mol. The fraction of sp³-hybridized carbons (Fsp3) is 0.0667. The Balaban J connectivity index is 1.54. The van der Waals surface area contributed by atoms with E-state index in [2.05, 4.69) is 6.07 Å². The molecule has 6 aromatic rings. The molecular formula is C30H23N5O. The van der Waals surface area contributed by atoms with Crippen LogP contribution in [0, 0.1) is 0 Å². The van der Waals surface area contributed by atoms with Gasteiger partial charge in [0.25, 0.3) is 0 Å². The van der Waals surface area contributed by atoms with Gasteiger partial charge in [-0.2, -0.15) is 0 Å². The summed E-state index contributed by atoms with van der Waals surface area (Å²) < 4.78 is 3.37. The number of aromatic nitrogens is 5. The molecule has 0 aliphatic heterocycles. The van der Waals surface area contributed by atoms with Crippen LogP contribution in [0.3, 0.4) is 0 Å². The first kappa shape index (κ1) is 21.7. The molecule has 4 aromatic carbocycles. The van der Waals surface area contributed by atoms with Gasteiger partial charge in [0.1, 0.15) is 0 Å². The van der Waals surface area contributed by atoms with E-state index in [1.807, 2.05) is 104 Å². The Morgan fingerprint density at radius 3 is 1.64 bits per heavy atom. The third-order valence-electron chi connectivity index (χ3n) is 6.42. The van der Waals surface area contributed by atoms with Crippen molar-refractivity contribution in [1.29, 1.82) is 0 Å². The summed E-state index contributed by atoms with van der Waals surface area (Å²) in [7, 11) is 3.61. The van der Waals surface area contributed by atoms with Gasteiger partial charge in [-0.3, -0.25) is 9.13 Å². The van der Waals surface area contributed by atoms with E-state index in [1.165, 1.54) is 0 Å². The number of rotatable bonds is 4. The largest absolute Gasteiger partial charge is 0.328 e. The normalized spacial score (nSPS) is 11.2. The Bertz CT molecular complexity index is 1710. The van der Waals surface area contributed by atoms with Crippen molar-refractivity contribution in [2.75, 3.05) is 0 Å². The van der Waals surface area contributed by atoms with Crippen LogP contribution in [0.25, 0.3) is 56.3 Å². The van der Waals surface area contributed by atoms with Crippen LogP contribution in [0.5, 0.6) is 0 Å². The molecule has 2 heterocycles. The van der Waals surface area contributed by atoms with Gasteiger partial charge < -0.3 is 0 Å². The quantitative estimate of drug-likeness (QED) is 0.331. The number of aryl methyl sites for hydroxylation is 2. The van der Waals surface area contributed by atoms with Gasteiger partial charge in [-0.15, -0.1) is 0 Å². The molecule has 0 radical (unpaired) electrons. The van der Waals surface area contributed by atoms with E-state index >= 15 is 0 Å². The highest BCUT2D eigenvalue weighted by Crippen LogP contribution is 2.31. The molecule has 2 aromatic heterocycles. The van der Waals surface area contributed by atoms with Gasteiger partial charge in [0.2, 0.25) is 0 Å². The summed E-state index contributed by atoms with van der Waals surface area (Å²) in [6.07, 6.45) is 0. The van der Waals surface area contributed by atoms with Gasteiger partial charge in [0.05, 0.1) is 11.0 Å². The fourth-order valence-electron chi connectivity index (χ4n) is 4.57. The van der Waals surface area contributed by atoms with Crippen LogP contribution in [0.2, 0.25) is 0 Å². The van der Waals surface area contributed by atoms with Crippen molar-refractivity contribution in [3.8, 4) is 45.3 Å². The van der Waals surface area contributed by atoms with E-state index in [1.54, 1.807) is 16.2 Å². The summed E-state index contributed by atoms with van der Waals surface area (Å²) in [6.45, 7) is 0. The van der Waals surface area contributed by atoms with E-state index < -0.39 is 0 Å². The van der Waals surface area contributed by atoms with Gasteiger partial charge in [-0.1, -0.05) is 91.0 Å². The van der Waals surface area contributed by atoms with E-state index in [4.69, 9.17) is 15.0 Å². The predicted octanol–water partition coefficient (Wildman–Crippen LogP) is 5.73. The number of hydrogen-bond donors (Lipinski definition) is 0. The molecule has 6 rings (SSSR count). The average molecular weight is 470 g/mol. The first-order chi connectivity index (χ1) is 17.6. The summed E-state index contributed by atoms with van der Waals surface area (Å²) in [4.78, 5) is 27.1. The van der Waals surface area contributed by atoms with Crippen LogP contribution in [0.4, 0.5) is 0 Å². The van der Waals surface area contributed by atoms with E-state index in [9.17, 15) is 4.79 Å². The standard InChI is InChI=1S/C30H23N5O/c1-34-25-18-10-17-24(26(25)35(2)30(34)36)22-15-9-16-23(19-22)29-32-27(20-11-5-3-6-12-20)31-28(33-29)21-13-7-4-8-14-21/h3-19H,1-2H3. The second-order valence-corrected chi connectivity index (χ2v) is 8.69. The molecule has 0 unspecified atom stereocenters. The van der Waals surface area contributed by atoms with Crippen molar-refractivity contribution in [3.05, 3.63) is 114 Å². The second kappa shape index (κ2) is 8.74. The van der Waals surface area contributed by atoms with Crippen LogP contribution in [-0.4, -0.2) is 24.1 Å². The number of imidazole rings is 1. The topological polar surface area (TPSA) is 65.6 Å². The lowest BCUT2D eigenvalue weighted by Crippen LogP contribution is -2.19. The van der Waals surface area contributed by atoms with Crippen LogP contribution >= 0.6 is 0 Å². The number of para-hydroxylation sites is 1. The highest BCUT2D eigenvalue weighted by molar-refractivity contribution is 5.93. The van der Waals surface area contributed by atoms with Gasteiger partial charge in [-0.25, -0.2) is 19.7 Å². The zero-order valence-electron chi connectivity index (χ0n) is 20.0. The molecule has 0 aliphatic rings. The van der Waals surface area contributed by atoms with Crippen LogP contribution < -0.4 is 5.69 Å². The van der Waals surface area contributed by atoms with E-state index in [-0.39, 0.29) is 5.69 Å². The minimum atomic E-state index is -0.0499. The fourth-order valence-corrected chi connectivity index (χ4v) is 4.57. The molecule has 0 N–H and O–H groups in total. The summed E-state index contributed by atoms with van der Waals surface area (Å²) in [5.74, 6) is 1.84. The van der Waals surface area contributed by atoms with Crippen molar-refractivity contribution in [3.63, 3.8) is 0 Å². The second-order valence-electron chi connectivity index (χ2n) is 8.69. The minimum Gasteiger partial charge on any atom is -0.295 e. The van der Waals surface area contributed by atoms with Crippen molar-refractivity contribution < 1.29 is 0 Å². The summed E-state index contributed by atoms with van der Waals surface area (Å²) in [6, 6.07) is 34.0. The first-order valence-electron chi connectivity index (χ1n) is 11.7. The van der Waals surface area contributed by atoms with Crippen LogP contribution in [0.1, 0.15) is 0 Å². The highest BCUT2D eigenvalue weighted by Gasteiger charge is 2.15. The minimum absolute atomic E-state index is 0.0499. The molecule has 0 amide bonds. The zero-order valence-corrected chi connectivity index (χ0v) is 20.0. The Hall–Kier alpha value is -4.84. The van der Waals surface area contributed by atoms with Crippen molar-refractivity contribution in [2.45, 2.75) is 0 Å². The monoisotopic (exact) mass is 469 g/mol. The van der Waals surface area contributed by atoms with Crippen molar-refractivity contribution in [1.82, 2.24) is 24.1 Å². The third kappa shape index (κ3) is 3.69. The Morgan fingerprint density at radius 1 is 0.528 bits per heavy atom. The Kier molecular flexibility index (Phi) is 5.26. The molecule has 36 heavy (non-hydrogen) atoms. The summed E-state index contributed by atoms with van der Waals surface area (Å²) in [5, 5.41) is 0. The summed E-state index contributed by atoms with van der Waals surface area (Å²) >= 11 is 0. The zero-order chi connectivity index (χ0) is 24.6. The van der Waals surface area contributed by atoms with Gasteiger partial charge in [0, 0.05) is 36.3 Å². The summed E-state index contributed by atoms with van der Waals surface area (Å²) in [5.41, 5.74) is 6.44. The lowest BCUT2D eigenvalue weighted by molar-refractivity contribution is 0.795. The highest BCUT2D eigenvalue weighted by atomic mass is 16.1. The maximum absolute atomic E-state index is 12.6. The lowest BCUT2D eigenvalue weighted by atomic mass is 10.0. The van der Waals surface area contributed by atoms with Gasteiger partial charge in [-0.05, 0) is 17.7 Å². The first-order valence-corrected chi connectivity index (χ1v) is 11.7. The van der Waals surface area contributed by atoms with Crippen LogP contribution in [0.15, 0.2) is 108 Å². The molecule has 0 bridgehead atoms. The molecule has 0 fully saturated rings. The molecule has 174 valence electrons. The average Bonchev–Trinajstić information content (AvgIpc) is 3.17. The number of fused-ring (bicyclic) bond motifs is 1. The molecule has 0 saturated carbocycles. The number of nitrogens with zero attached hydrogens (tertiary/aromatic N) is 5. The van der Waals surface area contributed by atoms with Gasteiger partial charge >= 0.3 is 5.69 Å². The van der Waals surface area contributed by atoms with Crippen molar-refractivity contribution >= 4 is 11.0 Å². The molecule has 0 atom stereocenters. The third-order valence-corrected chi connectivity index (χ3v) is 6.42. The van der Waals surface area contributed by atoms with E-state index in [0.29, 0.717) is 17.5 Å². The SMILES string of the molecule is Cn1c(=O)n(C)c2c(-c3cccc(-c4nc(-c5ccccc5)nc(-c5ccccc5)n4)c3)cccc21.